The van der Waals surface area contributed by atoms with Gasteiger partial charge in [-0.2, -0.15) is 0 Å². The lowest BCUT2D eigenvalue weighted by Crippen LogP contribution is -2.35. The summed E-state index contributed by atoms with van der Waals surface area (Å²) in [5.74, 6) is 1.13. The summed E-state index contributed by atoms with van der Waals surface area (Å²) in [7, 11) is -1.68. The van der Waals surface area contributed by atoms with E-state index in [4.69, 9.17) is 14.5 Å². The number of rotatable bonds is 12. The van der Waals surface area contributed by atoms with Crippen molar-refractivity contribution in [1.29, 1.82) is 0 Å². The second-order valence-corrected chi connectivity index (χ2v) is 10.7. The summed E-state index contributed by atoms with van der Waals surface area (Å²) in [5, 5.41) is 14.8. The van der Waals surface area contributed by atoms with Gasteiger partial charge in [0.25, 0.3) is 0 Å². The van der Waals surface area contributed by atoms with Crippen molar-refractivity contribution in [3.8, 4) is 17.4 Å². The monoisotopic (exact) mass is 550 g/mol. The second-order valence-electron chi connectivity index (χ2n) is 8.84. The fourth-order valence-corrected chi connectivity index (χ4v) is 5.27. The maximum Gasteiger partial charge on any atom is 0.232 e. The van der Waals surface area contributed by atoms with Crippen LogP contribution in [0.3, 0.4) is 0 Å². The summed E-state index contributed by atoms with van der Waals surface area (Å²) in [4.78, 5) is 7.98. The zero-order valence-corrected chi connectivity index (χ0v) is 23.4. The third-order valence-electron chi connectivity index (χ3n) is 6.07. The molecular formula is C29H34N4O5S. The summed E-state index contributed by atoms with van der Waals surface area (Å²) < 4.78 is 37.7. The van der Waals surface area contributed by atoms with E-state index < -0.39 is 10.0 Å². The first-order valence-electron chi connectivity index (χ1n) is 12.8. The molecule has 0 unspecified atom stereocenters. The molecule has 0 saturated carbocycles. The number of aromatic nitrogens is 1. The number of H-pyrrole nitrogens is 1. The molecule has 10 heteroatoms. The van der Waals surface area contributed by atoms with Gasteiger partial charge in [0.15, 0.2) is 17.4 Å². The van der Waals surface area contributed by atoms with Crippen LogP contribution < -0.4 is 19.1 Å². The first-order valence-corrected chi connectivity index (χ1v) is 14.6. The molecule has 9 nitrogen and oxygen atoms in total. The van der Waals surface area contributed by atoms with Gasteiger partial charge in [-0.3, -0.25) is 4.31 Å². The molecular weight excluding hydrogens is 516 g/mol. The minimum atomic E-state index is -3.45. The highest BCUT2D eigenvalue weighted by Crippen LogP contribution is 2.39. The van der Waals surface area contributed by atoms with Gasteiger partial charge >= 0.3 is 0 Å². The number of aliphatic imine (C=N–C) groups is 1. The SMILES string of the molecule is CCOc1cc2[nH]c(O)c(C(=Nc3ccc(N(CCNC)S(C)(=O)=O)cc3)c3ccccc3)c2cc1OCC. The van der Waals surface area contributed by atoms with Gasteiger partial charge in [-0.05, 0) is 51.2 Å². The molecule has 0 aliphatic rings. The number of ether oxygens (including phenoxy) is 2. The van der Waals surface area contributed by atoms with Gasteiger partial charge in [0.1, 0.15) is 0 Å². The molecule has 0 atom stereocenters. The molecule has 4 rings (SSSR count). The molecule has 206 valence electrons. The molecule has 3 aromatic carbocycles. The number of likely N-dealkylation sites (N-methyl/N-ethyl adjacent to an activating group) is 1. The average molecular weight is 551 g/mol. The minimum Gasteiger partial charge on any atom is -0.494 e. The Bertz CT molecular complexity index is 1550. The molecule has 0 aliphatic carbocycles. The maximum atomic E-state index is 12.4. The van der Waals surface area contributed by atoms with Crippen molar-refractivity contribution in [3.05, 3.63) is 77.9 Å². The topological polar surface area (TPSA) is 116 Å². The standard InChI is InChI=1S/C29H34N4O5S/c1-5-37-25-18-23-24(19-26(25)38-6-2)32-29(34)27(23)28(20-10-8-7-9-11-20)31-21-12-14-22(15-13-21)33(17-16-30-3)39(4,35)36/h7-15,18-19,30,32,34H,5-6,16-17H2,1-4H3. The van der Waals surface area contributed by atoms with Crippen LogP contribution in [0.4, 0.5) is 11.4 Å². The molecule has 0 fully saturated rings. The highest BCUT2D eigenvalue weighted by molar-refractivity contribution is 7.92. The summed E-state index contributed by atoms with van der Waals surface area (Å²) in [6.45, 7) is 5.56. The van der Waals surface area contributed by atoms with Gasteiger partial charge in [0.2, 0.25) is 10.0 Å². The van der Waals surface area contributed by atoms with Gasteiger partial charge < -0.3 is 24.9 Å². The number of benzene rings is 3. The van der Waals surface area contributed by atoms with Crippen LogP contribution in [-0.2, 0) is 10.0 Å². The Morgan fingerprint density at radius 1 is 1.00 bits per heavy atom. The van der Waals surface area contributed by atoms with Crippen molar-refractivity contribution >= 4 is 38.0 Å². The number of sulfonamides is 1. The number of nitrogens with zero attached hydrogens (tertiary/aromatic N) is 2. The van der Waals surface area contributed by atoms with Crippen molar-refractivity contribution < 1.29 is 23.0 Å². The molecule has 0 spiro atoms. The number of aromatic hydroxyl groups is 1. The Labute approximate surface area is 229 Å². The normalized spacial score (nSPS) is 12.1. The van der Waals surface area contributed by atoms with Gasteiger partial charge in [-0.25, -0.2) is 13.4 Å². The Hall–Kier alpha value is -4.02. The summed E-state index contributed by atoms with van der Waals surface area (Å²) >= 11 is 0. The zero-order chi connectivity index (χ0) is 28.0. The van der Waals surface area contributed by atoms with E-state index in [1.165, 1.54) is 10.6 Å². The van der Waals surface area contributed by atoms with E-state index in [0.717, 1.165) is 10.9 Å². The van der Waals surface area contributed by atoms with Crippen molar-refractivity contribution in [2.24, 2.45) is 4.99 Å². The van der Waals surface area contributed by atoms with Crippen LogP contribution in [0.5, 0.6) is 17.4 Å². The van der Waals surface area contributed by atoms with Crippen LogP contribution in [0, 0.1) is 0 Å². The Balaban J connectivity index is 1.85. The molecule has 0 radical (unpaired) electrons. The lowest BCUT2D eigenvalue weighted by Gasteiger charge is -2.22. The highest BCUT2D eigenvalue weighted by atomic mass is 32.2. The van der Waals surface area contributed by atoms with E-state index in [2.05, 4.69) is 10.3 Å². The lowest BCUT2D eigenvalue weighted by atomic mass is 10.0. The van der Waals surface area contributed by atoms with Crippen molar-refractivity contribution in [1.82, 2.24) is 10.3 Å². The first kappa shape index (κ1) is 28.0. The largest absolute Gasteiger partial charge is 0.494 e. The van der Waals surface area contributed by atoms with Gasteiger partial charge in [-0.15, -0.1) is 0 Å². The fourth-order valence-electron chi connectivity index (χ4n) is 4.35. The summed E-state index contributed by atoms with van der Waals surface area (Å²) in [6.07, 6.45) is 1.19. The van der Waals surface area contributed by atoms with E-state index in [-0.39, 0.29) is 5.88 Å². The Morgan fingerprint density at radius 2 is 1.64 bits per heavy atom. The van der Waals surface area contributed by atoms with E-state index in [0.29, 0.717) is 66.0 Å². The first-order chi connectivity index (χ1) is 18.8. The Kier molecular flexibility index (Phi) is 8.78. The molecule has 0 aliphatic heterocycles. The van der Waals surface area contributed by atoms with Crippen molar-refractivity contribution in [2.75, 3.05) is 43.9 Å². The molecule has 0 bridgehead atoms. The average Bonchev–Trinajstić information content (AvgIpc) is 3.22. The molecule has 4 aromatic rings. The van der Waals surface area contributed by atoms with Crippen molar-refractivity contribution in [3.63, 3.8) is 0 Å². The van der Waals surface area contributed by atoms with Crippen LogP contribution in [0.1, 0.15) is 25.0 Å². The van der Waals surface area contributed by atoms with Gasteiger partial charge in [0, 0.05) is 30.1 Å². The number of aromatic amines is 1. The zero-order valence-electron chi connectivity index (χ0n) is 22.6. The number of anilines is 1. The smallest absolute Gasteiger partial charge is 0.232 e. The fraction of sp³-hybridized carbons (Fsp3) is 0.276. The Morgan fingerprint density at radius 3 is 2.23 bits per heavy atom. The van der Waals surface area contributed by atoms with Crippen LogP contribution in [-0.4, -0.2) is 63.8 Å². The predicted molar refractivity (Wildman–Crippen MR) is 157 cm³/mol. The quantitative estimate of drug-likeness (QED) is 0.218. The van der Waals surface area contributed by atoms with Crippen molar-refractivity contribution in [2.45, 2.75) is 13.8 Å². The van der Waals surface area contributed by atoms with E-state index >= 15 is 0 Å². The second kappa shape index (κ2) is 12.2. The number of fused-ring (bicyclic) bond motifs is 1. The summed E-state index contributed by atoms with van der Waals surface area (Å²) in [6, 6.07) is 20.2. The molecule has 1 aromatic heterocycles. The minimum absolute atomic E-state index is 0.0318. The number of hydrogen-bond donors (Lipinski definition) is 3. The molecule has 3 N–H and O–H groups in total. The third-order valence-corrected chi connectivity index (χ3v) is 7.26. The highest BCUT2D eigenvalue weighted by Gasteiger charge is 2.22. The van der Waals surface area contributed by atoms with E-state index in [1.54, 1.807) is 31.3 Å². The molecule has 0 amide bonds. The number of hydrogen-bond acceptors (Lipinski definition) is 7. The molecule has 39 heavy (non-hydrogen) atoms. The summed E-state index contributed by atoms with van der Waals surface area (Å²) in [5.41, 5.74) is 3.71. The third kappa shape index (κ3) is 6.35. The van der Waals surface area contributed by atoms with E-state index in [1.807, 2.05) is 56.3 Å². The number of nitrogens with one attached hydrogen (secondary N) is 2. The lowest BCUT2D eigenvalue weighted by molar-refractivity contribution is 0.288. The maximum absolute atomic E-state index is 12.4. The predicted octanol–water partition coefficient (Wildman–Crippen LogP) is 4.83. The van der Waals surface area contributed by atoms with Crippen LogP contribution in [0.15, 0.2) is 71.7 Å². The van der Waals surface area contributed by atoms with Gasteiger partial charge in [-0.1, -0.05) is 30.3 Å². The van der Waals surface area contributed by atoms with Crippen LogP contribution in [0.25, 0.3) is 10.9 Å². The van der Waals surface area contributed by atoms with Gasteiger partial charge in [0.05, 0.1) is 47.6 Å². The molecule has 0 saturated heterocycles. The molecule has 1 heterocycles. The van der Waals surface area contributed by atoms with E-state index in [9.17, 15) is 13.5 Å². The van der Waals surface area contributed by atoms with Crippen LogP contribution in [0.2, 0.25) is 0 Å². The van der Waals surface area contributed by atoms with Crippen LogP contribution >= 0.6 is 0 Å².